The van der Waals surface area contributed by atoms with E-state index < -0.39 is 11.9 Å². The van der Waals surface area contributed by atoms with Crippen LogP contribution < -0.4 is 20.7 Å². The van der Waals surface area contributed by atoms with Crippen molar-refractivity contribution in [2.75, 3.05) is 25.6 Å². The quantitative estimate of drug-likeness (QED) is 0.776. The maximum atomic E-state index is 11.5. The van der Waals surface area contributed by atoms with Gasteiger partial charge in [-0.15, -0.1) is 0 Å². The highest BCUT2D eigenvalue weighted by Crippen LogP contribution is 2.33. The van der Waals surface area contributed by atoms with E-state index in [0.29, 0.717) is 17.0 Å². The maximum Gasteiger partial charge on any atom is 0.264 e. The van der Waals surface area contributed by atoms with E-state index >= 15 is 0 Å². The fourth-order valence-electron chi connectivity index (χ4n) is 1.94. The number of anilines is 1. The Hall–Kier alpha value is -2.08. The highest BCUT2D eigenvalue weighted by Gasteiger charge is 2.24. The van der Waals surface area contributed by atoms with Gasteiger partial charge in [-0.2, -0.15) is 0 Å². The summed E-state index contributed by atoms with van der Waals surface area (Å²) in [6.07, 6.45) is 0. The summed E-state index contributed by atoms with van der Waals surface area (Å²) in [5.41, 5.74) is 6.65. The van der Waals surface area contributed by atoms with Crippen LogP contribution in [0.15, 0.2) is 18.2 Å². The Morgan fingerprint density at radius 2 is 2.28 bits per heavy atom. The molecule has 6 heteroatoms. The van der Waals surface area contributed by atoms with E-state index in [1.807, 2.05) is 0 Å². The zero-order valence-electron chi connectivity index (χ0n) is 10.3. The smallest absolute Gasteiger partial charge is 0.264 e. The van der Waals surface area contributed by atoms with Gasteiger partial charge in [0.25, 0.3) is 5.91 Å². The van der Waals surface area contributed by atoms with Crippen molar-refractivity contribution in [3.63, 3.8) is 0 Å². The molecule has 1 atom stereocenters. The van der Waals surface area contributed by atoms with Crippen LogP contribution in [-0.4, -0.2) is 32.5 Å². The lowest BCUT2D eigenvalue weighted by Gasteiger charge is -2.27. The van der Waals surface area contributed by atoms with Crippen LogP contribution >= 0.6 is 0 Å². The number of primary amides is 1. The average molecular weight is 249 g/mol. The molecule has 3 N–H and O–H groups in total. The molecule has 0 spiro atoms. The van der Waals surface area contributed by atoms with Crippen LogP contribution in [-0.2, 0) is 9.59 Å². The molecule has 0 aromatic heterocycles. The van der Waals surface area contributed by atoms with Gasteiger partial charge in [-0.1, -0.05) is 6.07 Å². The number of ether oxygens (including phenoxy) is 1. The molecule has 0 aliphatic carbocycles. The van der Waals surface area contributed by atoms with Crippen molar-refractivity contribution in [3.05, 3.63) is 23.8 Å². The molecule has 6 nitrogen and oxygen atoms in total. The largest absolute Gasteiger partial charge is 0.482 e. The molecule has 0 saturated heterocycles. The highest BCUT2D eigenvalue weighted by molar-refractivity contribution is 5.97. The molecule has 96 valence electrons. The van der Waals surface area contributed by atoms with Gasteiger partial charge in [-0.25, -0.2) is 0 Å². The predicted octanol–water partition coefficient (Wildman–Crippen LogP) is -0.212. The number of nitrogens with one attached hydrogen (secondary N) is 1. The predicted molar refractivity (Wildman–Crippen MR) is 66.3 cm³/mol. The van der Waals surface area contributed by atoms with Gasteiger partial charge in [0.2, 0.25) is 5.91 Å². The molecule has 18 heavy (non-hydrogen) atoms. The second-order valence-corrected chi connectivity index (χ2v) is 4.09. The molecule has 1 aliphatic heterocycles. The fourth-order valence-corrected chi connectivity index (χ4v) is 1.94. The summed E-state index contributed by atoms with van der Waals surface area (Å²) in [6, 6.07) is 4.65. The first kappa shape index (κ1) is 12.4. The summed E-state index contributed by atoms with van der Waals surface area (Å²) >= 11 is 0. The Kier molecular flexibility index (Phi) is 3.20. The van der Waals surface area contributed by atoms with Gasteiger partial charge >= 0.3 is 0 Å². The van der Waals surface area contributed by atoms with Crippen molar-refractivity contribution in [1.82, 2.24) is 5.32 Å². The Morgan fingerprint density at radius 3 is 2.89 bits per heavy atom. The lowest BCUT2D eigenvalue weighted by molar-refractivity contribution is -0.121. The molecular weight excluding hydrogens is 234 g/mol. The monoisotopic (exact) mass is 249 g/mol. The van der Waals surface area contributed by atoms with Gasteiger partial charge in [0.05, 0.1) is 5.69 Å². The number of nitrogens with zero attached hydrogens (tertiary/aromatic N) is 1. The van der Waals surface area contributed by atoms with Gasteiger partial charge in [0.1, 0.15) is 11.8 Å². The van der Waals surface area contributed by atoms with Crippen LogP contribution in [0.3, 0.4) is 0 Å². The molecule has 0 fully saturated rings. The van der Waals surface area contributed by atoms with Crippen molar-refractivity contribution >= 4 is 17.5 Å². The minimum Gasteiger partial charge on any atom is -0.482 e. The number of fused-ring (bicyclic) bond motifs is 1. The molecule has 0 saturated carbocycles. The first-order valence-corrected chi connectivity index (χ1v) is 5.54. The molecule has 2 amide bonds. The SMILES string of the molecule is CNC(C(N)=O)c1ccc2c(c1)N(C)C(=O)CO2. The van der Waals surface area contributed by atoms with Crippen molar-refractivity contribution in [2.45, 2.75) is 6.04 Å². The first-order valence-electron chi connectivity index (χ1n) is 5.54. The number of hydrogen-bond donors (Lipinski definition) is 2. The molecule has 0 bridgehead atoms. The zero-order valence-corrected chi connectivity index (χ0v) is 10.3. The summed E-state index contributed by atoms with van der Waals surface area (Å²) in [5, 5.41) is 2.83. The van der Waals surface area contributed by atoms with E-state index in [9.17, 15) is 9.59 Å². The maximum absolute atomic E-state index is 11.5. The van der Waals surface area contributed by atoms with E-state index in [0.717, 1.165) is 0 Å². The summed E-state index contributed by atoms with van der Waals surface area (Å²) < 4.78 is 5.31. The third-order valence-corrected chi connectivity index (χ3v) is 2.98. The Morgan fingerprint density at radius 1 is 1.56 bits per heavy atom. The minimum atomic E-state index is -0.583. The molecule has 1 unspecified atom stereocenters. The van der Waals surface area contributed by atoms with Gasteiger partial charge in [-0.05, 0) is 24.7 Å². The van der Waals surface area contributed by atoms with Gasteiger partial charge in [0, 0.05) is 7.05 Å². The highest BCUT2D eigenvalue weighted by atomic mass is 16.5. The van der Waals surface area contributed by atoms with Crippen LogP contribution in [0, 0.1) is 0 Å². The van der Waals surface area contributed by atoms with Crippen LogP contribution in [0.4, 0.5) is 5.69 Å². The standard InChI is InChI=1S/C12H15N3O3/c1-14-11(12(13)17)7-3-4-9-8(5-7)15(2)10(16)6-18-9/h3-5,11,14H,6H2,1-2H3,(H2,13,17). The molecule has 1 heterocycles. The number of carbonyl (C=O) groups excluding carboxylic acids is 2. The van der Waals surface area contributed by atoms with Crippen molar-refractivity contribution in [2.24, 2.45) is 5.73 Å². The van der Waals surface area contributed by atoms with Gasteiger partial charge in [0.15, 0.2) is 6.61 Å². The number of rotatable bonds is 3. The van der Waals surface area contributed by atoms with Crippen LogP contribution in [0.1, 0.15) is 11.6 Å². The lowest BCUT2D eigenvalue weighted by Crippen LogP contribution is -2.36. The molecule has 1 aromatic rings. The zero-order chi connectivity index (χ0) is 13.3. The first-order chi connectivity index (χ1) is 8.54. The Labute approximate surface area is 105 Å². The molecule has 0 radical (unpaired) electrons. The number of carbonyl (C=O) groups is 2. The second-order valence-electron chi connectivity index (χ2n) is 4.09. The number of likely N-dealkylation sites (N-methyl/N-ethyl adjacent to an activating group) is 2. The van der Waals surface area contributed by atoms with E-state index in [1.165, 1.54) is 4.90 Å². The lowest BCUT2D eigenvalue weighted by atomic mass is 10.0. The van der Waals surface area contributed by atoms with Crippen molar-refractivity contribution in [1.29, 1.82) is 0 Å². The Balaban J connectivity index is 2.42. The normalized spacial score (nSPS) is 15.9. The molecule has 1 aromatic carbocycles. The Bertz CT molecular complexity index is 501. The topological polar surface area (TPSA) is 84.7 Å². The molecular formula is C12H15N3O3. The minimum absolute atomic E-state index is 0.0358. The van der Waals surface area contributed by atoms with Crippen LogP contribution in [0.25, 0.3) is 0 Å². The summed E-state index contributed by atoms with van der Waals surface area (Å²) in [4.78, 5) is 24.3. The van der Waals surface area contributed by atoms with E-state index in [4.69, 9.17) is 10.5 Å². The number of hydrogen-bond acceptors (Lipinski definition) is 4. The van der Waals surface area contributed by atoms with Crippen molar-refractivity contribution < 1.29 is 14.3 Å². The van der Waals surface area contributed by atoms with Crippen molar-refractivity contribution in [3.8, 4) is 5.75 Å². The van der Waals surface area contributed by atoms with E-state index in [2.05, 4.69) is 5.32 Å². The average Bonchev–Trinajstić information content (AvgIpc) is 2.35. The summed E-state index contributed by atoms with van der Waals surface area (Å²) in [5.74, 6) is 0.0306. The number of benzene rings is 1. The van der Waals surface area contributed by atoms with Gasteiger partial charge < -0.3 is 20.7 Å². The van der Waals surface area contributed by atoms with Crippen LogP contribution in [0.2, 0.25) is 0 Å². The summed E-state index contributed by atoms with van der Waals surface area (Å²) in [7, 11) is 3.33. The summed E-state index contributed by atoms with van der Waals surface area (Å²) in [6.45, 7) is 0.0358. The third-order valence-electron chi connectivity index (χ3n) is 2.98. The fraction of sp³-hybridized carbons (Fsp3) is 0.333. The number of amides is 2. The van der Waals surface area contributed by atoms with E-state index in [-0.39, 0.29) is 12.5 Å². The van der Waals surface area contributed by atoms with E-state index in [1.54, 1.807) is 32.3 Å². The second kappa shape index (κ2) is 4.66. The molecule has 1 aliphatic rings. The van der Waals surface area contributed by atoms with Gasteiger partial charge in [-0.3, -0.25) is 9.59 Å². The molecule has 2 rings (SSSR count). The third kappa shape index (κ3) is 2.02. The number of nitrogens with two attached hydrogens (primary N) is 1. The van der Waals surface area contributed by atoms with Crippen LogP contribution in [0.5, 0.6) is 5.75 Å².